The molecule has 21 heavy (non-hydrogen) atoms. The Bertz CT molecular complexity index is 842. The molecule has 0 atom stereocenters. The first-order valence-electron chi connectivity index (χ1n) is 6.15. The minimum atomic E-state index is -1.01. The maximum atomic E-state index is 13.5. The number of nitrogens with zero attached hydrogens (tertiary/aromatic N) is 1. The van der Waals surface area contributed by atoms with Crippen LogP contribution < -0.4 is 4.74 Å². The maximum absolute atomic E-state index is 13.5. The number of carbonyl (C=O) groups is 1. The first-order chi connectivity index (χ1) is 10.1. The first kappa shape index (κ1) is 13.1. The summed E-state index contributed by atoms with van der Waals surface area (Å²) in [5, 5.41) is 8.97. The number of methoxy groups -OCH3 is 1. The van der Waals surface area contributed by atoms with Gasteiger partial charge in [0.15, 0.2) is 0 Å². The van der Waals surface area contributed by atoms with Gasteiger partial charge < -0.3 is 14.8 Å². The van der Waals surface area contributed by atoms with Gasteiger partial charge in [0.2, 0.25) is 0 Å². The van der Waals surface area contributed by atoms with E-state index in [-0.39, 0.29) is 5.56 Å². The summed E-state index contributed by atoms with van der Waals surface area (Å²) in [6, 6.07) is 8.83. The minimum absolute atomic E-state index is 0.162. The van der Waals surface area contributed by atoms with Gasteiger partial charge in [0.05, 0.1) is 23.7 Å². The fraction of sp³-hybridized carbons (Fsp3) is 0.0667. The number of rotatable bonds is 3. The molecule has 0 saturated heterocycles. The number of ether oxygens (including phenoxy) is 1. The second kappa shape index (κ2) is 4.90. The largest absolute Gasteiger partial charge is 0.497 e. The summed E-state index contributed by atoms with van der Waals surface area (Å²) in [5.41, 5.74) is 1.88. The van der Waals surface area contributed by atoms with E-state index in [1.165, 1.54) is 31.4 Å². The van der Waals surface area contributed by atoms with Crippen molar-refractivity contribution in [2.24, 2.45) is 0 Å². The van der Waals surface area contributed by atoms with Gasteiger partial charge in [0.1, 0.15) is 17.4 Å². The van der Waals surface area contributed by atoms with E-state index in [0.717, 1.165) is 0 Å². The Hall–Kier alpha value is -2.89. The zero-order chi connectivity index (χ0) is 15.0. The second-order valence-corrected chi connectivity index (χ2v) is 4.50. The van der Waals surface area contributed by atoms with Crippen LogP contribution in [-0.2, 0) is 0 Å². The predicted molar refractivity (Wildman–Crippen MR) is 75.0 cm³/mol. The van der Waals surface area contributed by atoms with E-state index >= 15 is 0 Å². The molecule has 2 N–H and O–H groups in total. The highest BCUT2D eigenvalue weighted by atomic mass is 19.1. The normalized spacial score (nSPS) is 10.8. The fourth-order valence-corrected chi connectivity index (χ4v) is 2.10. The highest BCUT2D eigenvalue weighted by Gasteiger charge is 2.10. The Morgan fingerprint density at radius 2 is 2.10 bits per heavy atom. The van der Waals surface area contributed by atoms with Crippen LogP contribution in [0.15, 0.2) is 36.4 Å². The number of aromatic carboxylic acids is 1. The van der Waals surface area contributed by atoms with Crippen LogP contribution in [0.1, 0.15) is 10.4 Å². The SMILES string of the molecule is COc1cc(F)cc(-c2nc3ccc(C(=O)O)cc3[nH]2)c1. The number of fused-ring (bicyclic) bond motifs is 1. The Balaban J connectivity index is 2.12. The van der Waals surface area contributed by atoms with Crippen LogP contribution >= 0.6 is 0 Å². The van der Waals surface area contributed by atoms with Gasteiger partial charge in [0.25, 0.3) is 0 Å². The summed E-state index contributed by atoms with van der Waals surface area (Å²) in [6.45, 7) is 0. The Morgan fingerprint density at radius 3 is 2.81 bits per heavy atom. The number of benzene rings is 2. The van der Waals surface area contributed by atoms with Gasteiger partial charge in [-0.1, -0.05) is 0 Å². The van der Waals surface area contributed by atoms with Gasteiger partial charge in [-0.25, -0.2) is 14.2 Å². The quantitative estimate of drug-likeness (QED) is 0.776. The van der Waals surface area contributed by atoms with Crippen LogP contribution in [-0.4, -0.2) is 28.2 Å². The van der Waals surface area contributed by atoms with Crippen molar-refractivity contribution in [1.29, 1.82) is 0 Å². The molecular formula is C15H11FN2O3. The van der Waals surface area contributed by atoms with Crippen molar-refractivity contribution in [3.8, 4) is 17.1 Å². The summed E-state index contributed by atoms with van der Waals surface area (Å²) in [5.74, 6) is -0.612. The maximum Gasteiger partial charge on any atom is 0.335 e. The summed E-state index contributed by atoms with van der Waals surface area (Å²) in [7, 11) is 1.45. The van der Waals surface area contributed by atoms with Crippen LogP contribution in [0.25, 0.3) is 22.4 Å². The predicted octanol–water partition coefficient (Wildman–Crippen LogP) is 3.08. The smallest absolute Gasteiger partial charge is 0.335 e. The fourth-order valence-electron chi connectivity index (χ4n) is 2.10. The van der Waals surface area contributed by atoms with E-state index in [9.17, 15) is 9.18 Å². The van der Waals surface area contributed by atoms with Crippen molar-refractivity contribution >= 4 is 17.0 Å². The topological polar surface area (TPSA) is 75.2 Å². The second-order valence-electron chi connectivity index (χ2n) is 4.50. The zero-order valence-electron chi connectivity index (χ0n) is 11.1. The molecule has 6 heteroatoms. The molecule has 0 amide bonds. The third-order valence-electron chi connectivity index (χ3n) is 3.11. The molecule has 0 radical (unpaired) electrons. The van der Waals surface area contributed by atoms with Gasteiger partial charge in [-0.15, -0.1) is 0 Å². The molecule has 0 bridgehead atoms. The number of hydrogen-bond acceptors (Lipinski definition) is 3. The van der Waals surface area contributed by atoms with Crippen LogP contribution in [0.2, 0.25) is 0 Å². The molecule has 0 saturated carbocycles. The third kappa shape index (κ3) is 2.43. The molecule has 1 aromatic heterocycles. The van der Waals surface area contributed by atoms with Crippen molar-refractivity contribution in [3.05, 3.63) is 47.8 Å². The van der Waals surface area contributed by atoms with Crippen LogP contribution in [0.3, 0.4) is 0 Å². The van der Waals surface area contributed by atoms with Gasteiger partial charge in [-0.2, -0.15) is 0 Å². The number of aromatic nitrogens is 2. The van der Waals surface area contributed by atoms with E-state index in [4.69, 9.17) is 9.84 Å². The van der Waals surface area contributed by atoms with E-state index in [1.54, 1.807) is 12.1 Å². The van der Waals surface area contributed by atoms with E-state index in [2.05, 4.69) is 9.97 Å². The summed E-state index contributed by atoms with van der Waals surface area (Å²) in [4.78, 5) is 18.3. The molecule has 5 nitrogen and oxygen atoms in total. The van der Waals surface area contributed by atoms with Gasteiger partial charge >= 0.3 is 5.97 Å². The molecule has 3 aromatic rings. The lowest BCUT2D eigenvalue weighted by Gasteiger charge is -2.02. The molecule has 0 aliphatic carbocycles. The van der Waals surface area contributed by atoms with Crippen molar-refractivity contribution < 1.29 is 19.0 Å². The van der Waals surface area contributed by atoms with E-state index in [0.29, 0.717) is 28.2 Å². The number of aromatic amines is 1. The number of imidazole rings is 1. The standard InChI is InChI=1S/C15H11FN2O3/c1-21-11-5-9(4-10(16)7-11)14-17-12-3-2-8(15(19)20)6-13(12)18-14/h2-7H,1H3,(H,17,18)(H,19,20). The highest BCUT2D eigenvalue weighted by Crippen LogP contribution is 2.26. The van der Waals surface area contributed by atoms with Gasteiger partial charge in [-0.05, 0) is 30.3 Å². The summed E-state index contributed by atoms with van der Waals surface area (Å²) < 4.78 is 18.5. The monoisotopic (exact) mass is 286 g/mol. The lowest BCUT2D eigenvalue weighted by atomic mass is 10.2. The van der Waals surface area contributed by atoms with E-state index < -0.39 is 11.8 Å². The van der Waals surface area contributed by atoms with Crippen LogP contribution in [0, 0.1) is 5.82 Å². The Kier molecular flexibility index (Phi) is 3.06. The molecule has 1 heterocycles. The number of nitrogens with one attached hydrogen (secondary N) is 1. The van der Waals surface area contributed by atoms with Gasteiger partial charge in [-0.3, -0.25) is 0 Å². The molecule has 106 valence electrons. The number of hydrogen-bond donors (Lipinski definition) is 2. The third-order valence-corrected chi connectivity index (χ3v) is 3.11. The molecule has 0 unspecified atom stereocenters. The molecular weight excluding hydrogens is 275 g/mol. The van der Waals surface area contributed by atoms with Crippen molar-refractivity contribution in [2.75, 3.05) is 7.11 Å². The number of H-pyrrole nitrogens is 1. The van der Waals surface area contributed by atoms with Crippen molar-refractivity contribution in [3.63, 3.8) is 0 Å². The van der Waals surface area contributed by atoms with Crippen molar-refractivity contribution in [2.45, 2.75) is 0 Å². The van der Waals surface area contributed by atoms with Gasteiger partial charge in [0, 0.05) is 11.6 Å². The Labute approximate surface area is 119 Å². The van der Waals surface area contributed by atoms with Crippen LogP contribution in [0.4, 0.5) is 4.39 Å². The molecule has 0 fully saturated rings. The highest BCUT2D eigenvalue weighted by molar-refractivity contribution is 5.93. The molecule has 0 aliphatic rings. The minimum Gasteiger partial charge on any atom is -0.497 e. The molecule has 2 aromatic carbocycles. The number of carboxylic acids is 1. The zero-order valence-corrected chi connectivity index (χ0v) is 11.1. The summed E-state index contributed by atoms with van der Waals surface area (Å²) in [6.07, 6.45) is 0. The lowest BCUT2D eigenvalue weighted by molar-refractivity contribution is 0.0697. The van der Waals surface area contributed by atoms with Crippen molar-refractivity contribution in [1.82, 2.24) is 9.97 Å². The van der Waals surface area contributed by atoms with E-state index in [1.807, 2.05) is 0 Å². The number of carboxylic acid groups (broad SMARTS) is 1. The summed E-state index contributed by atoms with van der Waals surface area (Å²) >= 11 is 0. The average Bonchev–Trinajstić information content (AvgIpc) is 2.89. The first-order valence-corrected chi connectivity index (χ1v) is 6.15. The Morgan fingerprint density at radius 1 is 1.29 bits per heavy atom. The number of halogens is 1. The molecule has 0 spiro atoms. The van der Waals surface area contributed by atoms with Crippen LogP contribution in [0.5, 0.6) is 5.75 Å². The molecule has 3 rings (SSSR count). The average molecular weight is 286 g/mol. The lowest BCUT2D eigenvalue weighted by Crippen LogP contribution is -1.94. The molecule has 0 aliphatic heterocycles.